The summed E-state index contributed by atoms with van der Waals surface area (Å²) < 4.78 is 0. The molecule has 104 valence electrons. The molecule has 0 spiro atoms. The first-order valence-electron chi connectivity index (χ1n) is 7.81. The van der Waals surface area contributed by atoms with E-state index in [9.17, 15) is 4.79 Å². The molecule has 4 unspecified atom stereocenters. The maximum atomic E-state index is 12.9. The van der Waals surface area contributed by atoms with Gasteiger partial charge in [0.2, 0.25) is 0 Å². The van der Waals surface area contributed by atoms with Crippen molar-refractivity contribution < 1.29 is 4.79 Å². The second-order valence-electron chi connectivity index (χ2n) is 7.31. The maximum absolute atomic E-state index is 12.9. The quantitative estimate of drug-likeness (QED) is 0.576. The van der Waals surface area contributed by atoms with Gasteiger partial charge in [-0.2, -0.15) is 0 Å². The molecule has 0 aliphatic heterocycles. The zero-order chi connectivity index (χ0) is 13.7. The Morgan fingerprint density at radius 2 is 1.05 bits per heavy atom. The van der Waals surface area contributed by atoms with Crippen molar-refractivity contribution >= 4 is 5.78 Å². The molecule has 19 heavy (non-hydrogen) atoms. The van der Waals surface area contributed by atoms with Crippen LogP contribution in [0.2, 0.25) is 0 Å². The molecular weight excluding hydrogens is 232 g/mol. The number of Topliss-reactive ketones (excluding diaryl/α,β-unsaturated/α-hetero) is 1. The molecule has 0 amide bonds. The summed E-state index contributed by atoms with van der Waals surface area (Å²) in [6.45, 7) is 8.97. The highest BCUT2D eigenvalue weighted by molar-refractivity contribution is 5.86. The third kappa shape index (κ3) is 2.11. The Labute approximate surface area is 117 Å². The van der Waals surface area contributed by atoms with E-state index in [1.807, 2.05) is 0 Å². The van der Waals surface area contributed by atoms with Crippen LogP contribution in [-0.4, -0.2) is 5.78 Å². The van der Waals surface area contributed by atoms with Gasteiger partial charge in [-0.25, -0.2) is 0 Å². The molecule has 0 N–H and O–H groups in total. The number of ketones is 1. The van der Waals surface area contributed by atoms with Crippen LogP contribution in [-0.2, 0) is 4.79 Å². The lowest BCUT2D eigenvalue weighted by atomic mass is 9.58. The smallest absolute Gasteiger partial charge is 0.140 e. The molecule has 1 saturated carbocycles. The molecule has 1 nitrogen and oxygen atoms in total. The Hall–Kier alpha value is -0.850. The van der Waals surface area contributed by atoms with Gasteiger partial charge in [-0.1, -0.05) is 22.3 Å². The van der Waals surface area contributed by atoms with Crippen molar-refractivity contribution in [2.45, 2.75) is 59.8 Å². The van der Waals surface area contributed by atoms with Crippen LogP contribution in [0.1, 0.15) is 59.8 Å². The van der Waals surface area contributed by atoms with Crippen molar-refractivity contribution in [3.63, 3.8) is 0 Å². The Morgan fingerprint density at radius 3 is 1.47 bits per heavy atom. The summed E-state index contributed by atoms with van der Waals surface area (Å²) in [6, 6.07) is 0. The van der Waals surface area contributed by atoms with Crippen LogP contribution in [0.15, 0.2) is 22.3 Å². The normalized spacial score (nSPS) is 39.3. The van der Waals surface area contributed by atoms with Crippen LogP contribution in [0.25, 0.3) is 0 Å². The zero-order valence-corrected chi connectivity index (χ0v) is 12.8. The Bertz CT molecular complexity index is 438. The lowest BCUT2D eigenvalue weighted by molar-refractivity contribution is -0.135. The molecule has 0 radical (unpaired) electrons. The maximum Gasteiger partial charge on any atom is 0.140 e. The molecule has 0 aromatic rings. The first kappa shape index (κ1) is 13.1. The monoisotopic (exact) mass is 258 g/mol. The molecule has 0 heterocycles. The molecule has 3 aliphatic rings. The second-order valence-corrected chi connectivity index (χ2v) is 7.31. The summed E-state index contributed by atoms with van der Waals surface area (Å²) in [6.07, 6.45) is 5.72. The highest BCUT2D eigenvalue weighted by Gasteiger charge is 2.46. The molecule has 3 aliphatic carbocycles. The first-order chi connectivity index (χ1) is 8.97. The van der Waals surface area contributed by atoms with Crippen molar-refractivity contribution in [1.82, 2.24) is 0 Å². The molecular formula is C18H26O. The molecule has 0 aromatic heterocycles. The van der Waals surface area contributed by atoms with E-state index in [2.05, 4.69) is 27.7 Å². The van der Waals surface area contributed by atoms with E-state index in [0.29, 0.717) is 29.5 Å². The van der Waals surface area contributed by atoms with Crippen LogP contribution in [0, 0.1) is 23.7 Å². The molecule has 1 heteroatoms. The lowest BCUT2D eigenvalue weighted by Crippen LogP contribution is -2.43. The molecule has 0 aromatic carbocycles. The number of carbonyl (C=O) groups excluding carboxylic acids is 1. The van der Waals surface area contributed by atoms with E-state index < -0.39 is 0 Å². The summed E-state index contributed by atoms with van der Waals surface area (Å²) >= 11 is 0. The van der Waals surface area contributed by atoms with E-state index in [0.717, 1.165) is 12.8 Å². The molecule has 1 fully saturated rings. The largest absolute Gasteiger partial charge is 0.299 e. The van der Waals surface area contributed by atoms with Crippen LogP contribution >= 0.6 is 0 Å². The number of allylic oxidation sites excluding steroid dienone is 4. The summed E-state index contributed by atoms with van der Waals surface area (Å²) in [4.78, 5) is 12.9. The number of rotatable bonds is 0. The molecule has 3 rings (SSSR count). The first-order valence-corrected chi connectivity index (χ1v) is 7.81. The van der Waals surface area contributed by atoms with Crippen molar-refractivity contribution in [2.24, 2.45) is 23.7 Å². The van der Waals surface area contributed by atoms with Gasteiger partial charge in [0.15, 0.2) is 0 Å². The Kier molecular flexibility index (Phi) is 3.19. The zero-order valence-electron chi connectivity index (χ0n) is 12.8. The third-order valence-electron chi connectivity index (χ3n) is 6.12. The third-order valence-corrected chi connectivity index (χ3v) is 6.12. The predicted molar refractivity (Wildman–Crippen MR) is 78.8 cm³/mol. The van der Waals surface area contributed by atoms with Gasteiger partial charge in [-0.15, -0.1) is 0 Å². The fraction of sp³-hybridized carbons (Fsp3) is 0.722. The number of fused-ring (bicyclic) bond motifs is 2. The van der Waals surface area contributed by atoms with Gasteiger partial charge in [-0.05, 0) is 71.6 Å². The predicted octanol–water partition coefficient (Wildman–Crippen LogP) is 4.68. The number of hydrogen-bond donors (Lipinski definition) is 0. The minimum atomic E-state index is 0.344. The topological polar surface area (TPSA) is 17.1 Å². The van der Waals surface area contributed by atoms with Crippen LogP contribution < -0.4 is 0 Å². The van der Waals surface area contributed by atoms with E-state index in [1.165, 1.54) is 30.4 Å². The fourth-order valence-electron chi connectivity index (χ4n) is 4.59. The minimum absolute atomic E-state index is 0.344. The number of carbonyl (C=O) groups is 1. The van der Waals surface area contributed by atoms with Gasteiger partial charge >= 0.3 is 0 Å². The van der Waals surface area contributed by atoms with Gasteiger partial charge in [0, 0.05) is 11.8 Å². The minimum Gasteiger partial charge on any atom is -0.299 e. The number of hydrogen-bond acceptors (Lipinski definition) is 1. The van der Waals surface area contributed by atoms with Crippen LogP contribution in [0.4, 0.5) is 0 Å². The Balaban J connectivity index is 1.87. The van der Waals surface area contributed by atoms with Gasteiger partial charge in [0.1, 0.15) is 5.78 Å². The standard InChI is InChI=1S/C18H26O/c1-10-5-14-9-15-6-11(2)13(4)8-17(15)18(19)16(14)7-12(10)3/h14-17H,5-9H2,1-4H3. The molecule has 4 atom stereocenters. The highest BCUT2D eigenvalue weighted by Crippen LogP contribution is 2.50. The Morgan fingerprint density at radius 1 is 0.684 bits per heavy atom. The van der Waals surface area contributed by atoms with Gasteiger partial charge in [-0.3, -0.25) is 4.79 Å². The van der Waals surface area contributed by atoms with Crippen molar-refractivity contribution in [2.75, 3.05) is 0 Å². The van der Waals surface area contributed by atoms with E-state index in [-0.39, 0.29) is 0 Å². The van der Waals surface area contributed by atoms with Crippen LogP contribution in [0.5, 0.6) is 0 Å². The second kappa shape index (κ2) is 4.61. The van der Waals surface area contributed by atoms with E-state index in [1.54, 1.807) is 11.1 Å². The van der Waals surface area contributed by atoms with Gasteiger partial charge in [0.05, 0.1) is 0 Å². The van der Waals surface area contributed by atoms with E-state index in [4.69, 9.17) is 0 Å². The highest BCUT2D eigenvalue weighted by atomic mass is 16.1. The summed E-state index contributed by atoms with van der Waals surface area (Å²) in [7, 11) is 0. The summed E-state index contributed by atoms with van der Waals surface area (Å²) in [5.41, 5.74) is 6.05. The summed E-state index contributed by atoms with van der Waals surface area (Å²) in [5, 5.41) is 0. The van der Waals surface area contributed by atoms with Crippen molar-refractivity contribution in [3.05, 3.63) is 22.3 Å². The average Bonchev–Trinajstić information content (AvgIpc) is 2.35. The van der Waals surface area contributed by atoms with Gasteiger partial charge < -0.3 is 0 Å². The summed E-state index contributed by atoms with van der Waals surface area (Å²) in [5.74, 6) is 2.57. The van der Waals surface area contributed by atoms with Crippen LogP contribution in [0.3, 0.4) is 0 Å². The fourth-order valence-corrected chi connectivity index (χ4v) is 4.59. The molecule has 0 saturated heterocycles. The van der Waals surface area contributed by atoms with Gasteiger partial charge in [0.25, 0.3) is 0 Å². The molecule has 0 bridgehead atoms. The lowest BCUT2D eigenvalue weighted by Gasteiger charge is -2.45. The van der Waals surface area contributed by atoms with Crippen molar-refractivity contribution in [1.29, 1.82) is 0 Å². The van der Waals surface area contributed by atoms with Crippen molar-refractivity contribution in [3.8, 4) is 0 Å². The SMILES string of the molecule is CC1=C(C)CC2C(=O)C3CC(C)=C(C)CC3CC2C1. The average molecular weight is 258 g/mol. The van der Waals surface area contributed by atoms with E-state index >= 15 is 0 Å².